The van der Waals surface area contributed by atoms with Crippen LogP contribution in [0.4, 0.5) is 19.2 Å². The number of hydrogen-bond acceptors (Lipinski definition) is 24. The summed E-state index contributed by atoms with van der Waals surface area (Å²) >= 11 is 4.02. The number of amides is 4. The molecule has 0 spiro atoms. The summed E-state index contributed by atoms with van der Waals surface area (Å²) in [6, 6.07) is 7.40. The van der Waals surface area contributed by atoms with E-state index in [1.807, 2.05) is 85.5 Å². The molecule has 0 bridgehead atoms. The van der Waals surface area contributed by atoms with Gasteiger partial charge in [-0.25, -0.2) is 19.2 Å². The Balaban J connectivity index is -0.000000183. The minimum atomic E-state index is -1.05. The molecule has 31 nitrogen and oxygen atoms in total. The number of alkyl carbamates (subject to hydrolysis) is 4. The number of nitrogens with one attached hydrogen (secondary N) is 4. The van der Waals surface area contributed by atoms with Crippen LogP contribution in [0, 0.1) is 207 Å². The van der Waals surface area contributed by atoms with Crippen LogP contribution in [-0.4, -0.2) is 105 Å². The standard InChI is InChI=1S/C10H14O.4C9H6N2O5.C5H12O.C4H10O.C4H10S/c1-8(2)7-9-3-5-10(11)6-4-9;4*1-2-3-4-5-6-7-15-9(12)10-8-16-11(13)14;1-4(2)5(3)6;2*1-4(2)3-5/h3-6,8,11H,7H2,1-2H3;4*8H2,1H3,(H,10,12);4-6H,1-3H3;2*4-5H,3H2,1-2H3. The monoisotopic (exact) mass is 1290 g/mol. The third kappa shape index (κ3) is 103. The molecular formula is C59H70N8O23S. The number of carbonyl (C=O) groups is 4. The van der Waals surface area contributed by atoms with E-state index in [0.29, 0.717) is 30.1 Å². The summed E-state index contributed by atoms with van der Waals surface area (Å²) in [5.74, 6) is 50.6. The van der Waals surface area contributed by atoms with Crippen molar-refractivity contribution >= 4 is 37.0 Å². The Labute approximate surface area is 534 Å². The smallest absolute Gasteiger partial charge is 0.422 e. The molecule has 0 aromatic heterocycles. The van der Waals surface area contributed by atoms with E-state index in [1.165, 1.54) is 5.56 Å². The molecule has 1 atom stereocenters. The minimum absolute atomic E-state index is 0.148. The average Bonchev–Trinajstić information content (AvgIpc) is 3.69. The van der Waals surface area contributed by atoms with Crippen molar-refractivity contribution in [1.82, 2.24) is 21.3 Å². The van der Waals surface area contributed by atoms with E-state index < -0.39 is 71.6 Å². The van der Waals surface area contributed by atoms with Crippen LogP contribution in [0.3, 0.4) is 0 Å². The van der Waals surface area contributed by atoms with Gasteiger partial charge in [0, 0.05) is 54.0 Å². The van der Waals surface area contributed by atoms with Crippen molar-refractivity contribution in [3.63, 3.8) is 0 Å². The van der Waals surface area contributed by atoms with E-state index >= 15 is 0 Å². The van der Waals surface area contributed by atoms with Crippen molar-refractivity contribution in [2.24, 2.45) is 23.7 Å². The summed E-state index contributed by atoms with van der Waals surface area (Å²) in [6.07, 6.45) is 4.85. The molecule has 0 heterocycles. The Bertz CT molecular complexity index is 2780. The van der Waals surface area contributed by atoms with Crippen LogP contribution < -0.4 is 21.3 Å². The summed E-state index contributed by atoms with van der Waals surface area (Å²) in [5, 5.41) is 67.9. The number of aliphatic hydroxyl groups is 2. The summed E-state index contributed by atoms with van der Waals surface area (Å²) in [6.45, 7) is 22.7. The van der Waals surface area contributed by atoms with Crippen LogP contribution in [0.5, 0.6) is 5.75 Å². The summed E-state index contributed by atoms with van der Waals surface area (Å²) in [7, 11) is 0. The summed E-state index contributed by atoms with van der Waals surface area (Å²) < 4.78 is 17.0. The lowest BCUT2D eigenvalue weighted by Gasteiger charge is -2.04. The van der Waals surface area contributed by atoms with Crippen molar-refractivity contribution in [2.45, 2.75) is 103 Å². The number of benzene rings is 1. The molecule has 1 aromatic rings. The maximum atomic E-state index is 10.7. The van der Waals surface area contributed by atoms with Gasteiger partial charge >= 0.3 is 24.4 Å². The first-order valence-corrected chi connectivity index (χ1v) is 25.9. The number of nitrogens with zero attached hydrogens (tertiary/aromatic N) is 4. The van der Waals surface area contributed by atoms with Crippen molar-refractivity contribution in [3.8, 4) is 149 Å². The second-order valence-electron chi connectivity index (χ2n) is 16.1. The number of aliphatic hydroxyl groups excluding tert-OH is 2. The molecule has 0 aliphatic carbocycles. The van der Waals surface area contributed by atoms with E-state index in [-0.39, 0.29) is 6.10 Å². The SMILES string of the molecule is CC#CC#CC#COC(=O)NCO[N+](=O)[O-].CC#CC#CC#COC(=O)NCO[N+](=O)[O-].CC#CC#CC#COC(=O)NCO[N+](=O)[O-].CC#CC#CC#COC(=O)NCO[N+](=O)[O-].CC(C)C(C)O.CC(C)CO.CC(C)CS.CC(C)Cc1ccc(O)cc1. The van der Waals surface area contributed by atoms with Crippen LogP contribution in [0.1, 0.15) is 95.6 Å². The van der Waals surface area contributed by atoms with E-state index in [1.54, 1.807) is 46.8 Å². The Hall–Kier alpha value is -12.1. The highest BCUT2D eigenvalue weighted by molar-refractivity contribution is 7.80. The van der Waals surface area contributed by atoms with E-state index in [9.17, 15) is 59.6 Å². The van der Waals surface area contributed by atoms with E-state index in [4.69, 9.17) is 15.3 Å². The van der Waals surface area contributed by atoms with Gasteiger partial charge in [0.05, 0.1) is 6.10 Å². The van der Waals surface area contributed by atoms with Crippen LogP contribution in [0.15, 0.2) is 24.3 Å². The molecule has 0 radical (unpaired) electrons. The van der Waals surface area contributed by atoms with Crippen molar-refractivity contribution in [3.05, 3.63) is 70.3 Å². The van der Waals surface area contributed by atoms with Crippen LogP contribution >= 0.6 is 12.6 Å². The Morgan fingerprint density at radius 3 is 0.835 bits per heavy atom. The zero-order valence-corrected chi connectivity index (χ0v) is 52.8. The van der Waals surface area contributed by atoms with Gasteiger partial charge in [0.15, 0.2) is 26.9 Å². The van der Waals surface area contributed by atoms with Crippen molar-refractivity contribution < 1.29 is 93.1 Å². The second kappa shape index (κ2) is 72.2. The van der Waals surface area contributed by atoms with Gasteiger partial charge in [-0.1, -0.05) is 91.2 Å². The predicted molar refractivity (Wildman–Crippen MR) is 330 cm³/mol. The molecule has 4 amide bonds. The molecule has 7 N–H and O–H groups in total. The molecular weight excluding hydrogens is 1220 g/mol. The highest BCUT2D eigenvalue weighted by Gasteiger charge is 2.04. The molecule has 0 saturated carbocycles. The maximum absolute atomic E-state index is 10.7. The number of ether oxygens (including phenoxy) is 4. The number of hydrogen-bond donors (Lipinski definition) is 8. The highest BCUT2D eigenvalue weighted by Crippen LogP contribution is 2.12. The highest BCUT2D eigenvalue weighted by atomic mass is 32.1. The second-order valence-corrected chi connectivity index (χ2v) is 16.4. The summed E-state index contributed by atoms with van der Waals surface area (Å²) in [5.41, 5.74) is 1.29. The normalized spacial score (nSPS) is 7.96. The van der Waals surface area contributed by atoms with Gasteiger partial charge in [-0.2, -0.15) is 12.6 Å². The fraction of sp³-hybridized carbons (Fsp3) is 0.424. The number of aromatic hydroxyl groups is 1. The molecule has 0 fully saturated rings. The quantitative estimate of drug-likeness (QED) is 0.0245. The lowest BCUT2D eigenvalue weighted by Crippen LogP contribution is -2.26. The third-order valence-electron chi connectivity index (χ3n) is 6.85. The van der Waals surface area contributed by atoms with Crippen LogP contribution in [0.2, 0.25) is 0 Å². The number of rotatable bonds is 17. The number of carbonyl (C=O) groups excluding carboxylic acids is 4. The van der Waals surface area contributed by atoms with Crippen molar-refractivity contribution in [2.75, 3.05) is 39.3 Å². The molecule has 0 aliphatic heterocycles. The molecule has 0 saturated heterocycles. The Morgan fingerprint density at radius 2 is 0.670 bits per heavy atom. The lowest BCUT2D eigenvalue weighted by atomic mass is 10.0. The predicted octanol–water partition coefficient (Wildman–Crippen LogP) is 5.28. The fourth-order valence-corrected chi connectivity index (χ4v) is 2.71. The van der Waals surface area contributed by atoms with Gasteiger partial charge < -0.3 is 34.3 Å². The van der Waals surface area contributed by atoms with Gasteiger partial charge in [-0.3, -0.25) is 40.6 Å². The number of thiol groups is 1. The first-order valence-electron chi connectivity index (χ1n) is 25.3. The average molecular weight is 1290 g/mol. The van der Waals surface area contributed by atoms with Gasteiger partial charge in [-0.15, -0.1) is 40.5 Å². The first-order chi connectivity index (χ1) is 43.0. The minimum Gasteiger partial charge on any atom is -0.508 e. The van der Waals surface area contributed by atoms with Crippen LogP contribution in [-0.2, 0) is 44.7 Å². The maximum Gasteiger partial charge on any atom is 0.422 e. The van der Waals surface area contributed by atoms with Gasteiger partial charge in [0.1, 0.15) is 30.2 Å². The summed E-state index contributed by atoms with van der Waals surface area (Å²) in [4.78, 5) is 96.6. The molecule has 1 unspecified atom stereocenters. The zero-order chi connectivity index (χ0) is 70.9. The van der Waals surface area contributed by atoms with E-state index in [2.05, 4.69) is 197 Å². The Kier molecular flexibility index (Phi) is 73.4. The Morgan fingerprint density at radius 1 is 0.451 bits per heavy atom. The third-order valence-corrected chi connectivity index (χ3v) is 7.58. The van der Waals surface area contributed by atoms with Gasteiger partial charge in [0.25, 0.3) is 20.3 Å². The number of phenols is 1. The molecule has 490 valence electrons. The zero-order valence-electron chi connectivity index (χ0n) is 51.9. The van der Waals surface area contributed by atoms with E-state index in [0.717, 1.165) is 18.1 Å². The molecule has 91 heavy (non-hydrogen) atoms. The van der Waals surface area contributed by atoms with Gasteiger partial charge in [-0.05, 0) is 136 Å². The largest absolute Gasteiger partial charge is 0.508 e. The van der Waals surface area contributed by atoms with Crippen molar-refractivity contribution in [1.29, 1.82) is 0 Å². The molecule has 1 aromatic carbocycles. The molecule has 0 aliphatic rings. The molecule has 1 rings (SSSR count). The lowest BCUT2D eigenvalue weighted by molar-refractivity contribution is -0.758. The van der Waals surface area contributed by atoms with Gasteiger partial charge in [0.2, 0.25) is 0 Å². The fourth-order valence-electron chi connectivity index (χ4n) is 2.71. The van der Waals surface area contributed by atoms with Crippen LogP contribution in [0.25, 0.3) is 0 Å². The first kappa shape index (κ1) is 92.6. The topological polar surface area (TPSA) is 423 Å². The molecule has 32 heteroatoms. The number of phenolic OH excluding ortho intramolecular Hbond substituents is 1.